The van der Waals surface area contributed by atoms with Gasteiger partial charge in [0, 0.05) is 11.3 Å². The molecule has 0 saturated carbocycles. The third-order valence-electron chi connectivity index (χ3n) is 3.28. The van der Waals surface area contributed by atoms with Gasteiger partial charge in [0.15, 0.2) is 0 Å². The van der Waals surface area contributed by atoms with Crippen molar-refractivity contribution in [3.8, 4) is 5.75 Å². The molecule has 0 radical (unpaired) electrons. The van der Waals surface area contributed by atoms with Crippen molar-refractivity contribution < 1.29 is 17.9 Å². The van der Waals surface area contributed by atoms with Crippen molar-refractivity contribution in [2.75, 3.05) is 22.9 Å². The molecule has 0 aromatic heterocycles. The molecule has 0 saturated heterocycles. The lowest BCUT2D eigenvalue weighted by Gasteiger charge is -2.11. The van der Waals surface area contributed by atoms with Gasteiger partial charge in [-0.1, -0.05) is 18.7 Å². The fourth-order valence-electron chi connectivity index (χ4n) is 2.07. The summed E-state index contributed by atoms with van der Waals surface area (Å²) in [5, 5.41) is 2.76. The molecule has 132 valence electrons. The maximum Gasteiger partial charge on any atom is 0.255 e. The van der Waals surface area contributed by atoms with Gasteiger partial charge in [-0.2, -0.15) is 0 Å². The molecular weight excluding hydrogens is 340 g/mol. The number of anilines is 2. The van der Waals surface area contributed by atoms with Crippen LogP contribution < -0.4 is 14.8 Å². The summed E-state index contributed by atoms with van der Waals surface area (Å²) in [6, 6.07) is 11.8. The number of aryl methyl sites for hydroxylation is 1. The maximum absolute atomic E-state index is 12.4. The van der Waals surface area contributed by atoms with Gasteiger partial charge in [-0.3, -0.25) is 9.52 Å². The Kier molecular flexibility index (Phi) is 5.82. The van der Waals surface area contributed by atoms with Crippen LogP contribution >= 0.6 is 0 Å². The molecule has 0 heterocycles. The van der Waals surface area contributed by atoms with Crippen LogP contribution in [-0.4, -0.2) is 27.2 Å². The molecule has 0 aliphatic heterocycles. The molecule has 25 heavy (non-hydrogen) atoms. The first kappa shape index (κ1) is 18.5. The first-order valence-electron chi connectivity index (χ1n) is 7.52. The number of ether oxygens (including phenoxy) is 1. The first-order valence-corrected chi connectivity index (χ1v) is 9.41. The Hall–Kier alpha value is -2.80. The number of nitrogens with one attached hydrogen (secondary N) is 2. The van der Waals surface area contributed by atoms with E-state index < -0.39 is 10.0 Å². The van der Waals surface area contributed by atoms with Crippen molar-refractivity contribution in [2.45, 2.75) is 6.92 Å². The van der Waals surface area contributed by atoms with E-state index in [1.165, 1.54) is 6.07 Å². The third kappa shape index (κ3) is 5.65. The first-order chi connectivity index (χ1) is 11.8. The van der Waals surface area contributed by atoms with E-state index in [1.807, 2.05) is 0 Å². The average Bonchev–Trinajstić information content (AvgIpc) is 2.55. The van der Waals surface area contributed by atoms with Crippen LogP contribution in [0.25, 0.3) is 0 Å². The van der Waals surface area contributed by atoms with Crippen molar-refractivity contribution >= 4 is 27.3 Å². The number of carbonyl (C=O) groups excluding carboxylic acids is 1. The van der Waals surface area contributed by atoms with E-state index in [9.17, 15) is 13.2 Å². The Morgan fingerprint density at radius 2 is 1.88 bits per heavy atom. The van der Waals surface area contributed by atoms with Crippen molar-refractivity contribution in [3.05, 3.63) is 66.2 Å². The standard InChI is InChI=1S/C18H20N2O4S/c1-4-11-24-16-9-7-15(8-10-16)19-18(21)14-6-5-13(2)17(12-14)20-25(3,22)23/h4-10,12,20H,1,11H2,2-3H3,(H,19,21). The number of carbonyl (C=O) groups is 1. The number of hydrogen-bond acceptors (Lipinski definition) is 4. The van der Waals surface area contributed by atoms with Crippen LogP contribution in [0.2, 0.25) is 0 Å². The highest BCUT2D eigenvalue weighted by molar-refractivity contribution is 7.92. The molecule has 0 aliphatic rings. The van der Waals surface area contributed by atoms with Gasteiger partial charge >= 0.3 is 0 Å². The molecular formula is C18H20N2O4S. The predicted octanol–water partition coefficient (Wildman–Crippen LogP) is 3.18. The molecule has 2 aromatic carbocycles. The number of sulfonamides is 1. The summed E-state index contributed by atoms with van der Waals surface area (Å²) >= 11 is 0. The van der Waals surface area contributed by atoms with Crippen LogP contribution in [0.1, 0.15) is 15.9 Å². The van der Waals surface area contributed by atoms with E-state index in [0.29, 0.717) is 29.3 Å². The minimum absolute atomic E-state index is 0.337. The molecule has 0 spiro atoms. The van der Waals surface area contributed by atoms with Crippen molar-refractivity contribution in [2.24, 2.45) is 0 Å². The maximum atomic E-state index is 12.4. The van der Waals surface area contributed by atoms with Crippen LogP contribution in [-0.2, 0) is 10.0 Å². The lowest BCUT2D eigenvalue weighted by molar-refractivity contribution is 0.102. The summed E-state index contributed by atoms with van der Waals surface area (Å²) < 4.78 is 30.6. The minimum Gasteiger partial charge on any atom is -0.490 e. The summed E-state index contributed by atoms with van der Waals surface area (Å²) in [5.41, 5.74) is 2.06. The highest BCUT2D eigenvalue weighted by Crippen LogP contribution is 2.20. The Balaban J connectivity index is 2.12. The number of benzene rings is 2. The molecule has 2 rings (SSSR count). The molecule has 6 nitrogen and oxygen atoms in total. The van der Waals surface area contributed by atoms with Crippen LogP contribution in [0.5, 0.6) is 5.75 Å². The monoisotopic (exact) mass is 360 g/mol. The van der Waals surface area contributed by atoms with E-state index in [1.54, 1.807) is 49.4 Å². The summed E-state index contributed by atoms with van der Waals surface area (Å²) in [5.74, 6) is 0.337. The lowest BCUT2D eigenvalue weighted by Crippen LogP contribution is -2.14. The van der Waals surface area contributed by atoms with Gasteiger partial charge in [-0.05, 0) is 48.9 Å². The fraction of sp³-hybridized carbons (Fsp3) is 0.167. The van der Waals surface area contributed by atoms with Gasteiger partial charge in [-0.25, -0.2) is 8.42 Å². The van der Waals surface area contributed by atoms with E-state index in [0.717, 1.165) is 11.8 Å². The minimum atomic E-state index is -3.42. The average molecular weight is 360 g/mol. The van der Waals surface area contributed by atoms with Gasteiger partial charge in [0.25, 0.3) is 5.91 Å². The summed E-state index contributed by atoms with van der Waals surface area (Å²) in [6.45, 7) is 5.75. The topological polar surface area (TPSA) is 84.5 Å². The Labute approximate surface area is 147 Å². The summed E-state index contributed by atoms with van der Waals surface area (Å²) in [6.07, 6.45) is 2.71. The Morgan fingerprint density at radius 1 is 1.20 bits per heavy atom. The molecule has 2 aromatic rings. The quantitative estimate of drug-likeness (QED) is 0.743. The number of amides is 1. The molecule has 0 fully saturated rings. The van der Waals surface area contributed by atoms with Crippen LogP contribution in [0.4, 0.5) is 11.4 Å². The number of hydrogen-bond donors (Lipinski definition) is 2. The normalized spacial score (nSPS) is 10.8. The second-order valence-corrected chi connectivity index (χ2v) is 7.23. The van der Waals surface area contributed by atoms with Gasteiger partial charge < -0.3 is 10.1 Å². The third-order valence-corrected chi connectivity index (χ3v) is 3.87. The number of rotatable bonds is 7. The van der Waals surface area contributed by atoms with E-state index >= 15 is 0 Å². The zero-order valence-electron chi connectivity index (χ0n) is 14.1. The predicted molar refractivity (Wildman–Crippen MR) is 99.7 cm³/mol. The van der Waals surface area contributed by atoms with Crippen molar-refractivity contribution in [1.29, 1.82) is 0 Å². The smallest absolute Gasteiger partial charge is 0.255 e. The molecule has 1 amide bonds. The van der Waals surface area contributed by atoms with Gasteiger partial charge in [0.1, 0.15) is 12.4 Å². The van der Waals surface area contributed by atoms with E-state index in [4.69, 9.17) is 4.74 Å². The van der Waals surface area contributed by atoms with Crippen molar-refractivity contribution in [1.82, 2.24) is 0 Å². The molecule has 0 atom stereocenters. The Bertz CT molecular complexity index is 874. The Morgan fingerprint density at radius 3 is 2.48 bits per heavy atom. The van der Waals surface area contributed by atoms with Gasteiger partial charge in [0.2, 0.25) is 10.0 Å². The summed E-state index contributed by atoms with van der Waals surface area (Å²) in [4.78, 5) is 12.4. The second kappa shape index (κ2) is 7.85. The zero-order chi connectivity index (χ0) is 18.4. The van der Waals surface area contributed by atoms with Gasteiger partial charge in [-0.15, -0.1) is 0 Å². The van der Waals surface area contributed by atoms with E-state index in [-0.39, 0.29) is 5.91 Å². The highest BCUT2D eigenvalue weighted by atomic mass is 32.2. The van der Waals surface area contributed by atoms with Crippen LogP contribution in [0.3, 0.4) is 0 Å². The second-order valence-electron chi connectivity index (χ2n) is 5.48. The van der Waals surface area contributed by atoms with Gasteiger partial charge in [0.05, 0.1) is 11.9 Å². The van der Waals surface area contributed by atoms with E-state index in [2.05, 4.69) is 16.6 Å². The fourth-order valence-corrected chi connectivity index (χ4v) is 2.69. The summed E-state index contributed by atoms with van der Waals surface area (Å²) in [7, 11) is -3.42. The molecule has 0 aliphatic carbocycles. The lowest BCUT2D eigenvalue weighted by atomic mass is 10.1. The zero-order valence-corrected chi connectivity index (χ0v) is 14.9. The molecule has 7 heteroatoms. The largest absolute Gasteiger partial charge is 0.490 e. The highest BCUT2D eigenvalue weighted by Gasteiger charge is 2.11. The van der Waals surface area contributed by atoms with Crippen LogP contribution in [0, 0.1) is 6.92 Å². The molecule has 0 unspecified atom stereocenters. The molecule has 2 N–H and O–H groups in total. The van der Waals surface area contributed by atoms with Crippen molar-refractivity contribution in [3.63, 3.8) is 0 Å². The van der Waals surface area contributed by atoms with Crippen LogP contribution in [0.15, 0.2) is 55.1 Å². The SMILES string of the molecule is C=CCOc1ccc(NC(=O)c2ccc(C)c(NS(C)(=O)=O)c2)cc1. The molecule has 0 bridgehead atoms.